The van der Waals surface area contributed by atoms with Gasteiger partial charge >= 0.3 is 6.05 Å². The summed E-state index contributed by atoms with van der Waals surface area (Å²) in [6, 6.07) is -0.601. The summed E-state index contributed by atoms with van der Waals surface area (Å²) in [5.41, 5.74) is 5.25. The predicted octanol–water partition coefficient (Wildman–Crippen LogP) is 1.47. The zero-order chi connectivity index (χ0) is 4.99. The Morgan fingerprint density at radius 3 is 2.50 bits per heavy atom. The Kier molecular flexibility index (Phi) is 4.56. The standard InChI is InChI=1S/C2H7NPS2/c1-2-6-4(3)5/h2H2,1H3,(H2,3,5)/q+1. The van der Waals surface area contributed by atoms with Gasteiger partial charge in [0, 0.05) is 5.75 Å². The lowest BCUT2D eigenvalue weighted by Crippen LogP contribution is -1.69. The number of rotatable bonds is 2. The van der Waals surface area contributed by atoms with Gasteiger partial charge in [-0.3, -0.25) is 0 Å². The average Bonchev–Trinajstić information content (AvgIpc) is 1.35. The first kappa shape index (κ1) is 6.83. The van der Waals surface area contributed by atoms with Gasteiger partial charge < -0.3 is 0 Å². The summed E-state index contributed by atoms with van der Waals surface area (Å²) >= 11 is 6.33. The lowest BCUT2D eigenvalue weighted by Gasteiger charge is -1.68. The van der Waals surface area contributed by atoms with Crippen molar-refractivity contribution in [1.29, 1.82) is 0 Å². The highest BCUT2D eigenvalue weighted by molar-refractivity contribution is 8.63. The molecule has 0 fully saturated rings. The summed E-state index contributed by atoms with van der Waals surface area (Å²) in [5, 5.41) is 0. The van der Waals surface area contributed by atoms with Crippen LogP contribution in [0.5, 0.6) is 0 Å². The second-order valence-electron chi connectivity index (χ2n) is 0.703. The maximum Gasteiger partial charge on any atom is 0.335 e. The SMILES string of the molecule is CCS[P+](N)=S. The molecule has 0 saturated heterocycles. The van der Waals surface area contributed by atoms with E-state index in [4.69, 9.17) is 5.50 Å². The van der Waals surface area contributed by atoms with Crippen molar-refractivity contribution >= 4 is 29.2 Å². The van der Waals surface area contributed by atoms with Gasteiger partial charge in [0.15, 0.2) is 11.8 Å². The van der Waals surface area contributed by atoms with Gasteiger partial charge in [0.2, 0.25) is 0 Å². The van der Waals surface area contributed by atoms with E-state index in [9.17, 15) is 0 Å². The van der Waals surface area contributed by atoms with Crippen molar-refractivity contribution in [3.63, 3.8) is 0 Å². The molecule has 0 aromatic rings. The summed E-state index contributed by atoms with van der Waals surface area (Å²) in [4.78, 5) is 0. The minimum atomic E-state index is -0.601. The van der Waals surface area contributed by atoms with Gasteiger partial charge in [0.05, 0.1) is 0 Å². The summed E-state index contributed by atoms with van der Waals surface area (Å²) in [5.74, 6) is 1.05. The fourth-order valence-corrected chi connectivity index (χ4v) is 2.09. The fraction of sp³-hybridized carbons (Fsp3) is 1.00. The topological polar surface area (TPSA) is 26.0 Å². The summed E-state index contributed by atoms with van der Waals surface area (Å²) in [6.45, 7) is 2.05. The van der Waals surface area contributed by atoms with Crippen LogP contribution in [0, 0.1) is 0 Å². The monoisotopic (exact) mass is 140 g/mol. The van der Waals surface area contributed by atoms with Crippen molar-refractivity contribution in [3.8, 4) is 0 Å². The summed E-state index contributed by atoms with van der Waals surface area (Å²) < 4.78 is 0. The Morgan fingerprint density at radius 1 is 2.00 bits per heavy atom. The predicted molar refractivity (Wildman–Crippen MR) is 36.6 cm³/mol. The average molecular weight is 140 g/mol. The van der Waals surface area contributed by atoms with Gasteiger partial charge in [-0.1, -0.05) is 6.92 Å². The molecular formula is C2H7NPS2+. The smallest absolute Gasteiger partial charge is 0.135 e. The van der Waals surface area contributed by atoms with E-state index in [0.29, 0.717) is 0 Å². The minimum absolute atomic E-state index is 0.601. The first-order chi connectivity index (χ1) is 2.77. The minimum Gasteiger partial charge on any atom is -0.135 e. The molecular weight excluding hydrogens is 133 g/mol. The Labute approximate surface area is 47.9 Å². The third kappa shape index (κ3) is 4.83. The van der Waals surface area contributed by atoms with Crippen molar-refractivity contribution in [2.24, 2.45) is 5.50 Å². The van der Waals surface area contributed by atoms with Gasteiger partial charge in [-0.05, 0) is 0 Å². The summed E-state index contributed by atoms with van der Waals surface area (Å²) in [7, 11) is 0. The second-order valence-corrected chi connectivity index (χ2v) is 5.94. The Balaban J connectivity index is 2.83. The number of hydrogen-bond acceptors (Lipinski definition) is 2. The van der Waals surface area contributed by atoms with E-state index < -0.39 is 6.05 Å². The molecule has 1 unspecified atom stereocenters. The highest BCUT2D eigenvalue weighted by Crippen LogP contribution is 2.27. The van der Waals surface area contributed by atoms with Crippen LogP contribution in [-0.4, -0.2) is 5.75 Å². The molecule has 1 nitrogen and oxygen atoms in total. The maximum absolute atomic E-state index is 5.25. The van der Waals surface area contributed by atoms with Crippen molar-refractivity contribution < 1.29 is 0 Å². The van der Waals surface area contributed by atoms with Crippen molar-refractivity contribution in [2.75, 3.05) is 5.75 Å². The highest BCUT2D eigenvalue weighted by atomic mass is 32.9. The van der Waals surface area contributed by atoms with Crippen LogP contribution in [0.15, 0.2) is 0 Å². The van der Waals surface area contributed by atoms with Gasteiger partial charge in [0.25, 0.3) is 0 Å². The largest absolute Gasteiger partial charge is 0.335 e. The van der Waals surface area contributed by atoms with E-state index in [1.165, 1.54) is 0 Å². The van der Waals surface area contributed by atoms with Crippen molar-refractivity contribution in [2.45, 2.75) is 6.92 Å². The first-order valence-corrected chi connectivity index (χ1v) is 5.63. The van der Waals surface area contributed by atoms with E-state index in [2.05, 4.69) is 18.7 Å². The molecule has 0 bridgehead atoms. The Bertz CT molecular complexity index is 55.5. The van der Waals surface area contributed by atoms with Crippen LogP contribution in [0.1, 0.15) is 6.92 Å². The fourth-order valence-electron chi connectivity index (χ4n) is 0.127. The van der Waals surface area contributed by atoms with E-state index in [1.54, 1.807) is 11.4 Å². The van der Waals surface area contributed by atoms with E-state index in [1.807, 2.05) is 0 Å². The number of hydrogen-bond donors (Lipinski definition) is 1. The van der Waals surface area contributed by atoms with Crippen molar-refractivity contribution in [3.05, 3.63) is 0 Å². The van der Waals surface area contributed by atoms with Crippen LogP contribution >= 0.6 is 17.4 Å². The molecule has 0 aliphatic heterocycles. The van der Waals surface area contributed by atoms with E-state index in [-0.39, 0.29) is 0 Å². The van der Waals surface area contributed by atoms with Crippen LogP contribution in [-0.2, 0) is 11.8 Å². The van der Waals surface area contributed by atoms with Crippen LogP contribution in [0.4, 0.5) is 0 Å². The first-order valence-electron chi connectivity index (χ1n) is 1.62. The lowest BCUT2D eigenvalue weighted by molar-refractivity contribution is 1.54. The molecule has 0 radical (unpaired) electrons. The molecule has 0 rings (SSSR count). The Morgan fingerprint density at radius 2 is 2.50 bits per heavy atom. The third-order valence-corrected chi connectivity index (χ3v) is 3.26. The Hall–Kier alpha value is 0.830. The highest BCUT2D eigenvalue weighted by Gasteiger charge is 1.97. The molecule has 0 aliphatic carbocycles. The normalized spacial score (nSPS) is 11.3. The molecule has 0 aromatic heterocycles. The van der Waals surface area contributed by atoms with Gasteiger partial charge in [-0.2, -0.15) is 0 Å². The quantitative estimate of drug-likeness (QED) is 0.588. The molecule has 0 amide bonds. The molecule has 6 heavy (non-hydrogen) atoms. The van der Waals surface area contributed by atoms with Crippen LogP contribution in [0.3, 0.4) is 0 Å². The molecule has 36 valence electrons. The van der Waals surface area contributed by atoms with E-state index >= 15 is 0 Å². The van der Waals surface area contributed by atoms with E-state index in [0.717, 1.165) is 5.75 Å². The molecule has 0 aromatic carbocycles. The van der Waals surface area contributed by atoms with Gasteiger partial charge in [-0.25, -0.2) is 0 Å². The van der Waals surface area contributed by atoms with Crippen LogP contribution in [0.25, 0.3) is 0 Å². The maximum atomic E-state index is 5.25. The molecule has 2 N–H and O–H groups in total. The molecule has 4 heteroatoms. The zero-order valence-electron chi connectivity index (χ0n) is 3.55. The molecule has 0 saturated carbocycles. The number of nitrogens with two attached hydrogens (primary N) is 1. The molecule has 0 spiro atoms. The third-order valence-electron chi connectivity index (χ3n) is 0.256. The van der Waals surface area contributed by atoms with Gasteiger partial charge in [-0.15, -0.1) is 5.50 Å². The molecule has 0 aliphatic rings. The van der Waals surface area contributed by atoms with Gasteiger partial charge in [0.1, 0.15) is 11.4 Å². The molecule has 0 heterocycles. The molecule has 1 atom stereocenters. The van der Waals surface area contributed by atoms with Crippen LogP contribution < -0.4 is 5.50 Å². The van der Waals surface area contributed by atoms with Crippen LogP contribution in [0.2, 0.25) is 0 Å². The van der Waals surface area contributed by atoms with Crippen molar-refractivity contribution in [1.82, 2.24) is 0 Å². The second kappa shape index (κ2) is 4.00. The lowest BCUT2D eigenvalue weighted by atomic mass is 11.0. The zero-order valence-corrected chi connectivity index (χ0v) is 6.08. The summed E-state index contributed by atoms with van der Waals surface area (Å²) in [6.07, 6.45) is 0.